The van der Waals surface area contributed by atoms with Crippen molar-refractivity contribution in [2.45, 2.75) is 65.5 Å². The third kappa shape index (κ3) is 4.69. The lowest BCUT2D eigenvalue weighted by molar-refractivity contribution is -0.155. The van der Waals surface area contributed by atoms with E-state index in [0.29, 0.717) is 30.8 Å². The molecule has 0 amide bonds. The van der Waals surface area contributed by atoms with E-state index < -0.39 is 24.0 Å². The van der Waals surface area contributed by atoms with Crippen LogP contribution < -0.4 is 10.5 Å². The van der Waals surface area contributed by atoms with Crippen LogP contribution in [0.1, 0.15) is 64.9 Å². The van der Waals surface area contributed by atoms with Gasteiger partial charge >= 0.3 is 5.97 Å². The van der Waals surface area contributed by atoms with Gasteiger partial charge in [-0.1, -0.05) is 39.3 Å². The lowest BCUT2D eigenvalue weighted by Crippen LogP contribution is -2.48. The van der Waals surface area contributed by atoms with Crippen molar-refractivity contribution in [2.75, 3.05) is 13.2 Å². The highest BCUT2D eigenvalue weighted by atomic mass is 16.5. The van der Waals surface area contributed by atoms with E-state index in [4.69, 9.17) is 19.9 Å². The first-order valence-electron chi connectivity index (χ1n) is 10.8. The van der Waals surface area contributed by atoms with Crippen LogP contribution >= 0.6 is 0 Å². The van der Waals surface area contributed by atoms with E-state index in [1.165, 1.54) is 0 Å². The van der Waals surface area contributed by atoms with Gasteiger partial charge in [-0.2, -0.15) is 0 Å². The van der Waals surface area contributed by atoms with Gasteiger partial charge in [0, 0.05) is 24.3 Å². The zero-order valence-corrected chi connectivity index (χ0v) is 18.4. The van der Waals surface area contributed by atoms with Gasteiger partial charge in [0.15, 0.2) is 12.0 Å². The number of ketones is 1. The topological polar surface area (TPSA) is 87.9 Å². The lowest BCUT2D eigenvalue weighted by Gasteiger charge is -2.42. The van der Waals surface area contributed by atoms with Crippen molar-refractivity contribution >= 4 is 11.8 Å². The highest BCUT2D eigenvalue weighted by Gasteiger charge is 2.49. The highest BCUT2D eigenvalue weighted by molar-refractivity contribution is 6.00. The minimum absolute atomic E-state index is 0.00993. The maximum absolute atomic E-state index is 13.1. The number of hydrogen-bond acceptors (Lipinski definition) is 6. The van der Waals surface area contributed by atoms with Crippen molar-refractivity contribution < 1.29 is 23.8 Å². The van der Waals surface area contributed by atoms with Crippen LogP contribution in [0.25, 0.3) is 0 Å². The Balaban J connectivity index is 2.00. The summed E-state index contributed by atoms with van der Waals surface area (Å²) in [6, 6.07) is 7.58. The molecule has 6 heteroatoms. The first-order valence-corrected chi connectivity index (χ1v) is 10.8. The molecule has 2 N–H and O–H groups in total. The van der Waals surface area contributed by atoms with Gasteiger partial charge in [-0.3, -0.25) is 15.3 Å². The lowest BCUT2D eigenvalue weighted by atomic mass is 9.68. The van der Waals surface area contributed by atoms with Crippen LogP contribution in [0.15, 0.2) is 35.6 Å². The molecule has 0 spiro atoms. The standard InChI is InChI=1S/C24H33NO5/c1-5-7-12-29-16-10-8-15(9-11-16)19-20-17(26)13-24(3,4)14-18(20)30-22(25)21(19)23(27)28-6-2/h8-11,19,21-22H,5-7,12-14,25H2,1-4H3/t19-,21+,22+/m1/s1. The van der Waals surface area contributed by atoms with Crippen LogP contribution in [-0.2, 0) is 19.1 Å². The molecule has 30 heavy (non-hydrogen) atoms. The molecule has 3 atom stereocenters. The molecule has 0 fully saturated rings. The maximum atomic E-state index is 13.1. The summed E-state index contributed by atoms with van der Waals surface area (Å²) in [6.45, 7) is 8.85. The molecule has 0 saturated carbocycles. The Labute approximate surface area is 178 Å². The molecule has 1 aromatic carbocycles. The zero-order valence-electron chi connectivity index (χ0n) is 18.4. The van der Waals surface area contributed by atoms with Gasteiger partial charge in [-0.15, -0.1) is 0 Å². The van der Waals surface area contributed by atoms with Gasteiger partial charge in [0.25, 0.3) is 0 Å². The number of carbonyl (C=O) groups excluding carboxylic acids is 2. The molecule has 0 bridgehead atoms. The summed E-state index contributed by atoms with van der Waals surface area (Å²) in [5, 5.41) is 0. The monoisotopic (exact) mass is 415 g/mol. The smallest absolute Gasteiger partial charge is 0.315 e. The van der Waals surface area contributed by atoms with Crippen LogP contribution in [0.2, 0.25) is 0 Å². The Morgan fingerprint density at radius 3 is 2.53 bits per heavy atom. The van der Waals surface area contributed by atoms with E-state index in [1.54, 1.807) is 6.92 Å². The van der Waals surface area contributed by atoms with E-state index >= 15 is 0 Å². The molecular weight excluding hydrogens is 382 g/mol. The number of Topliss-reactive ketones (excluding diaryl/α,β-unsaturated/α-hetero) is 1. The third-order valence-electron chi connectivity index (χ3n) is 5.75. The van der Waals surface area contributed by atoms with Gasteiger partial charge < -0.3 is 14.2 Å². The highest BCUT2D eigenvalue weighted by Crippen LogP contribution is 2.49. The molecule has 3 rings (SSSR count). The normalized spacial score (nSPS) is 25.4. The first-order chi connectivity index (χ1) is 14.3. The van der Waals surface area contributed by atoms with Crippen LogP contribution in [0, 0.1) is 11.3 Å². The Morgan fingerprint density at radius 2 is 1.90 bits per heavy atom. The average molecular weight is 416 g/mol. The fourth-order valence-electron chi connectivity index (χ4n) is 4.33. The molecular formula is C24H33NO5. The van der Waals surface area contributed by atoms with Crippen molar-refractivity contribution in [3.63, 3.8) is 0 Å². The molecule has 1 aliphatic carbocycles. The first kappa shape index (κ1) is 22.3. The molecule has 2 aliphatic rings. The third-order valence-corrected chi connectivity index (χ3v) is 5.75. The Kier molecular flexibility index (Phi) is 6.86. The fraction of sp³-hybridized carbons (Fsp3) is 0.583. The summed E-state index contributed by atoms with van der Waals surface area (Å²) >= 11 is 0. The molecule has 0 unspecified atom stereocenters. The molecule has 0 radical (unpaired) electrons. The van der Waals surface area contributed by atoms with E-state index in [9.17, 15) is 9.59 Å². The van der Waals surface area contributed by atoms with Gasteiger partial charge in [0.1, 0.15) is 17.4 Å². The van der Waals surface area contributed by atoms with Crippen LogP contribution in [0.4, 0.5) is 0 Å². The number of benzene rings is 1. The zero-order chi connectivity index (χ0) is 21.9. The minimum Gasteiger partial charge on any atom is -0.494 e. The van der Waals surface area contributed by atoms with E-state index in [1.807, 2.05) is 38.1 Å². The van der Waals surface area contributed by atoms with Gasteiger partial charge in [-0.05, 0) is 36.5 Å². The second-order valence-corrected chi connectivity index (χ2v) is 8.89. The Bertz CT molecular complexity index is 811. The molecule has 6 nitrogen and oxygen atoms in total. The van der Waals surface area contributed by atoms with Gasteiger partial charge in [0.05, 0.1) is 13.2 Å². The number of ether oxygens (including phenoxy) is 3. The Morgan fingerprint density at radius 1 is 1.20 bits per heavy atom. The van der Waals surface area contributed by atoms with Gasteiger partial charge in [-0.25, -0.2) is 0 Å². The largest absolute Gasteiger partial charge is 0.494 e. The summed E-state index contributed by atoms with van der Waals surface area (Å²) in [4.78, 5) is 25.9. The van der Waals surface area contributed by atoms with E-state index in [-0.39, 0.29) is 17.8 Å². The molecule has 1 heterocycles. The van der Waals surface area contributed by atoms with E-state index in [0.717, 1.165) is 24.2 Å². The maximum Gasteiger partial charge on any atom is 0.315 e. The van der Waals surface area contributed by atoms with Crippen molar-refractivity contribution in [1.29, 1.82) is 0 Å². The number of esters is 1. The molecule has 0 saturated heterocycles. The number of hydrogen-bond donors (Lipinski definition) is 1. The predicted molar refractivity (Wildman–Crippen MR) is 114 cm³/mol. The second-order valence-electron chi connectivity index (χ2n) is 8.89. The van der Waals surface area contributed by atoms with Crippen LogP contribution in [0.5, 0.6) is 5.75 Å². The summed E-state index contributed by atoms with van der Waals surface area (Å²) < 4.78 is 17.0. The predicted octanol–water partition coefficient (Wildman–Crippen LogP) is 4.09. The Hall–Kier alpha value is -2.34. The summed E-state index contributed by atoms with van der Waals surface area (Å²) in [5.74, 6) is -0.325. The average Bonchev–Trinajstić information content (AvgIpc) is 2.67. The van der Waals surface area contributed by atoms with Crippen LogP contribution in [0.3, 0.4) is 0 Å². The van der Waals surface area contributed by atoms with Crippen molar-refractivity contribution in [3.8, 4) is 5.75 Å². The molecule has 0 aromatic heterocycles. The van der Waals surface area contributed by atoms with Crippen molar-refractivity contribution in [2.24, 2.45) is 17.1 Å². The van der Waals surface area contributed by atoms with Crippen molar-refractivity contribution in [3.05, 3.63) is 41.2 Å². The fourth-order valence-corrected chi connectivity index (χ4v) is 4.33. The second kappa shape index (κ2) is 9.21. The summed E-state index contributed by atoms with van der Waals surface area (Å²) in [6.07, 6.45) is 2.22. The number of unbranched alkanes of at least 4 members (excludes halogenated alkanes) is 1. The quantitative estimate of drug-likeness (QED) is 0.533. The molecule has 1 aromatic rings. The number of nitrogens with two attached hydrogens (primary N) is 1. The molecule has 1 aliphatic heterocycles. The van der Waals surface area contributed by atoms with Gasteiger partial charge in [0.2, 0.25) is 0 Å². The summed E-state index contributed by atoms with van der Waals surface area (Å²) in [5.41, 5.74) is 7.50. The van der Waals surface area contributed by atoms with E-state index in [2.05, 4.69) is 6.92 Å². The summed E-state index contributed by atoms with van der Waals surface area (Å²) in [7, 11) is 0. The number of rotatable bonds is 7. The molecule has 164 valence electrons. The van der Waals surface area contributed by atoms with Crippen LogP contribution in [-0.4, -0.2) is 31.2 Å². The minimum atomic E-state index is -0.866. The SMILES string of the molecule is CCCCOc1ccc([C@@H]2C3=C(CC(C)(C)CC3=O)O[C@H](N)[C@H]2C(=O)OCC)cc1. The van der Waals surface area contributed by atoms with Crippen molar-refractivity contribution in [1.82, 2.24) is 0 Å². The number of allylic oxidation sites excluding steroid dienone is 2. The number of carbonyl (C=O) groups is 2.